The molecule has 1 N–H and O–H groups in total. The number of anilines is 1. The van der Waals surface area contributed by atoms with E-state index in [0.717, 1.165) is 4.47 Å². The van der Waals surface area contributed by atoms with Gasteiger partial charge in [0.2, 0.25) is 10.0 Å². The van der Waals surface area contributed by atoms with E-state index in [-0.39, 0.29) is 43.6 Å². The van der Waals surface area contributed by atoms with Crippen LogP contribution >= 0.6 is 15.9 Å². The van der Waals surface area contributed by atoms with Crippen LogP contribution < -0.4 is 5.32 Å². The van der Waals surface area contributed by atoms with Crippen molar-refractivity contribution in [2.75, 3.05) is 38.1 Å². The summed E-state index contributed by atoms with van der Waals surface area (Å²) in [4.78, 5) is 25.7. The molecule has 1 saturated heterocycles. The number of carbonyl (C=O) groups excluding carboxylic acids is 2. The minimum Gasteiger partial charge on any atom is -0.450 e. The number of amides is 2. The molecule has 10 heteroatoms. The van der Waals surface area contributed by atoms with Gasteiger partial charge in [-0.3, -0.25) is 4.79 Å². The van der Waals surface area contributed by atoms with Gasteiger partial charge >= 0.3 is 6.09 Å². The summed E-state index contributed by atoms with van der Waals surface area (Å²) in [6.45, 7) is 2.91. The van der Waals surface area contributed by atoms with Gasteiger partial charge in [0.25, 0.3) is 5.91 Å². The van der Waals surface area contributed by atoms with Crippen LogP contribution in [0.4, 0.5) is 10.5 Å². The number of halogens is 1. The van der Waals surface area contributed by atoms with Crippen molar-refractivity contribution < 1.29 is 22.7 Å². The first-order chi connectivity index (χ1) is 14.3. The normalized spacial score (nSPS) is 14.9. The molecule has 0 saturated carbocycles. The third-order valence-electron chi connectivity index (χ3n) is 4.62. The van der Waals surface area contributed by atoms with E-state index in [1.165, 1.54) is 33.5 Å². The maximum Gasteiger partial charge on any atom is 0.409 e. The van der Waals surface area contributed by atoms with Crippen molar-refractivity contribution in [1.29, 1.82) is 0 Å². The number of ether oxygens (including phenoxy) is 1. The van der Waals surface area contributed by atoms with E-state index in [1.54, 1.807) is 19.1 Å². The Morgan fingerprint density at radius 1 is 1.00 bits per heavy atom. The molecule has 1 fully saturated rings. The Kier molecular flexibility index (Phi) is 7.11. The Labute approximate surface area is 184 Å². The van der Waals surface area contributed by atoms with Gasteiger partial charge in [-0.15, -0.1) is 0 Å². The first-order valence-corrected chi connectivity index (χ1v) is 11.6. The Balaban J connectivity index is 1.64. The lowest BCUT2D eigenvalue weighted by molar-refractivity contribution is 0.0933. The highest BCUT2D eigenvalue weighted by Crippen LogP contribution is 2.20. The molecule has 0 aromatic heterocycles. The van der Waals surface area contributed by atoms with E-state index in [0.29, 0.717) is 11.3 Å². The van der Waals surface area contributed by atoms with Gasteiger partial charge in [0, 0.05) is 41.9 Å². The standard InChI is InChI=1S/C20H22BrN3O5S/c1-2-29-20(26)23-11-13-24(14-12-23)30(27,28)18-9-3-15(4-10-18)19(25)22-17-7-5-16(21)6-8-17/h3-10H,2,11-14H2,1H3,(H,22,25). The molecule has 0 atom stereocenters. The van der Waals surface area contributed by atoms with Gasteiger partial charge in [0.05, 0.1) is 11.5 Å². The lowest BCUT2D eigenvalue weighted by atomic mass is 10.2. The number of nitrogens with one attached hydrogen (secondary N) is 1. The first kappa shape index (κ1) is 22.3. The van der Waals surface area contributed by atoms with Crippen LogP contribution in [-0.2, 0) is 14.8 Å². The quantitative estimate of drug-likeness (QED) is 0.686. The summed E-state index contributed by atoms with van der Waals surface area (Å²) in [6, 6.07) is 13.0. The topological polar surface area (TPSA) is 96.0 Å². The van der Waals surface area contributed by atoms with Crippen LogP contribution in [0.3, 0.4) is 0 Å². The number of carbonyl (C=O) groups is 2. The maximum absolute atomic E-state index is 12.9. The largest absolute Gasteiger partial charge is 0.450 e. The van der Waals surface area contributed by atoms with Crippen molar-refractivity contribution in [3.05, 3.63) is 58.6 Å². The Morgan fingerprint density at radius 2 is 1.60 bits per heavy atom. The fourth-order valence-corrected chi connectivity index (χ4v) is 4.68. The molecular formula is C20H22BrN3O5S. The molecule has 160 valence electrons. The van der Waals surface area contributed by atoms with Gasteiger partial charge in [0.1, 0.15) is 0 Å². The molecular weight excluding hydrogens is 474 g/mol. The molecule has 2 amide bonds. The SMILES string of the molecule is CCOC(=O)N1CCN(S(=O)(=O)c2ccc(C(=O)Nc3ccc(Br)cc3)cc2)CC1. The second-order valence-corrected chi connectivity index (χ2v) is 9.43. The number of benzene rings is 2. The molecule has 0 bridgehead atoms. The summed E-state index contributed by atoms with van der Waals surface area (Å²) in [6.07, 6.45) is -0.435. The van der Waals surface area contributed by atoms with Crippen LogP contribution in [0.2, 0.25) is 0 Å². The van der Waals surface area contributed by atoms with Crippen molar-refractivity contribution in [2.45, 2.75) is 11.8 Å². The minimum absolute atomic E-state index is 0.104. The molecule has 30 heavy (non-hydrogen) atoms. The molecule has 3 rings (SSSR count). The van der Waals surface area contributed by atoms with E-state index in [9.17, 15) is 18.0 Å². The fraction of sp³-hybridized carbons (Fsp3) is 0.300. The summed E-state index contributed by atoms with van der Waals surface area (Å²) >= 11 is 3.33. The van der Waals surface area contributed by atoms with Crippen LogP contribution in [0.1, 0.15) is 17.3 Å². The highest BCUT2D eigenvalue weighted by Gasteiger charge is 2.30. The molecule has 1 aliphatic rings. The number of sulfonamides is 1. The van der Waals surface area contributed by atoms with Crippen molar-refractivity contribution in [1.82, 2.24) is 9.21 Å². The van der Waals surface area contributed by atoms with Gasteiger partial charge < -0.3 is 15.0 Å². The van der Waals surface area contributed by atoms with Crippen LogP contribution in [0.25, 0.3) is 0 Å². The zero-order valence-electron chi connectivity index (χ0n) is 16.4. The second kappa shape index (κ2) is 9.59. The average Bonchev–Trinajstić information content (AvgIpc) is 2.75. The van der Waals surface area contributed by atoms with E-state index in [4.69, 9.17) is 4.74 Å². The Bertz CT molecular complexity index is 1000. The number of rotatable bonds is 5. The van der Waals surface area contributed by atoms with Gasteiger partial charge in [-0.2, -0.15) is 4.31 Å². The Morgan fingerprint density at radius 3 is 2.17 bits per heavy atom. The molecule has 0 unspecified atom stereocenters. The molecule has 0 spiro atoms. The lowest BCUT2D eigenvalue weighted by Gasteiger charge is -2.33. The summed E-state index contributed by atoms with van der Waals surface area (Å²) in [5.41, 5.74) is 0.989. The van der Waals surface area contributed by atoms with Crippen LogP contribution in [0, 0.1) is 0 Å². The van der Waals surface area contributed by atoms with E-state index in [1.807, 2.05) is 12.1 Å². The number of nitrogens with zero attached hydrogens (tertiary/aromatic N) is 2. The van der Waals surface area contributed by atoms with Crippen molar-refractivity contribution in [3.8, 4) is 0 Å². The van der Waals surface area contributed by atoms with Crippen LogP contribution in [0.15, 0.2) is 57.9 Å². The van der Waals surface area contributed by atoms with E-state index >= 15 is 0 Å². The zero-order valence-corrected chi connectivity index (χ0v) is 18.8. The van der Waals surface area contributed by atoms with Gasteiger partial charge in [0.15, 0.2) is 0 Å². The number of hydrogen-bond donors (Lipinski definition) is 1. The fourth-order valence-electron chi connectivity index (χ4n) is 2.99. The monoisotopic (exact) mass is 495 g/mol. The van der Waals surface area contributed by atoms with Crippen molar-refractivity contribution in [3.63, 3.8) is 0 Å². The van der Waals surface area contributed by atoms with E-state index < -0.39 is 16.1 Å². The van der Waals surface area contributed by atoms with Gasteiger partial charge in [-0.25, -0.2) is 13.2 Å². The first-order valence-electron chi connectivity index (χ1n) is 9.40. The highest BCUT2D eigenvalue weighted by molar-refractivity contribution is 9.10. The summed E-state index contributed by atoms with van der Waals surface area (Å²) in [5, 5.41) is 2.76. The summed E-state index contributed by atoms with van der Waals surface area (Å²) in [7, 11) is -3.71. The highest BCUT2D eigenvalue weighted by atomic mass is 79.9. The Hall–Kier alpha value is -2.43. The maximum atomic E-state index is 12.9. The number of hydrogen-bond acceptors (Lipinski definition) is 5. The van der Waals surface area contributed by atoms with E-state index in [2.05, 4.69) is 21.2 Å². The molecule has 0 radical (unpaired) electrons. The molecule has 2 aromatic rings. The third-order valence-corrected chi connectivity index (χ3v) is 7.06. The van der Waals surface area contributed by atoms with Crippen LogP contribution in [0.5, 0.6) is 0 Å². The van der Waals surface area contributed by atoms with Gasteiger partial charge in [-0.05, 0) is 55.5 Å². The predicted molar refractivity (Wildman–Crippen MR) is 116 cm³/mol. The summed E-state index contributed by atoms with van der Waals surface area (Å²) < 4.78 is 32.9. The van der Waals surface area contributed by atoms with Gasteiger partial charge in [-0.1, -0.05) is 15.9 Å². The number of piperazine rings is 1. The lowest BCUT2D eigenvalue weighted by Crippen LogP contribution is -2.50. The molecule has 1 heterocycles. The molecule has 8 nitrogen and oxygen atoms in total. The molecule has 0 aliphatic carbocycles. The smallest absolute Gasteiger partial charge is 0.409 e. The summed E-state index contributed by atoms with van der Waals surface area (Å²) in [5.74, 6) is -0.329. The molecule has 2 aromatic carbocycles. The average molecular weight is 496 g/mol. The third kappa shape index (κ3) is 5.18. The minimum atomic E-state index is -3.71. The second-order valence-electron chi connectivity index (χ2n) is 6.58. The van der Waals surface area contributed by atoms with Crippen molar-refractivity contribution >= 4 is 43.6 Å². The molecule has 1 aliphatic heterocycles. The van der Waals surface area contributed by atoms with Crippen LogP contribution in [-0.4, -0.2) is 62.4 Å². The zero-order chi connectivity index (χ0) is 21.7. The predicted octanol–water partition coefficient (Wildman–Crippen LogP) is 3.16. The van der Waals surface area contributed by atoms with Crippen molar-refractivity contribution in [2.24, 2.45) is 0 Å².